The van der Waals surface area contributed by atoms with Gasteiger partial charge in [0.25, 0.3) is 0 Å². The van der Waals surface area contributed by atoms with E-state index in [1.807, 2.05) is 18.5 Å². The largest absolute Gasteiger partial charge is 0.328 e. The van der Waals surface area contributed by atoms with Gasteiger partial charge < -0.3 is 5.73 Å². The molecule has 13 heavy (non-hydrogen) atoms. The predicted molar refractivity (Wildman–Crippen MR) is 58.7 cm³/mol. The lowest BCUT2D eigenvalue weighted by Gasteiger charge is -2.32. The maximum Gasteiger partial charge on any atom is 0.0302 e. The van der Waals surface area contributed by atoms with E-state index in [0.29, 0.717) is 12.0 Å². The molecule has 1 saturated carbocycles. The minimum atomic E-state index is 0. The van der Waals surface area contributed by atoms with Crippen molar-refractivity contribution in [2.75, 3.05) is 0 Å². The van der Waals surface area contributed by atoms with Gasteiger partial charge in [0, 0.05) is 18.4 Å². The van der Waals surface area contributed by atoms with Crippen molar-refractivity contribution in [1.29, 1.82) is 0 Å². The first kappa shape index (κ1) is 12.7. The molecule has 0 aromatic carbocycles. The quantitative estimate of drug-likeness (QED) is 0.788. The molecule has 0 bridgehead atoms. The van der Waals surface area contributed by atoms with Crippen LogP contribution in [0.15, 0.2) is 24.5 Å². The van der Waals surface area contributed by atoms with Crippen molar-refractivity contribution < 1.29 is 0 Å². The number of pyridine rings is 1. The smallest absolute Gasteiger partial charge is 0.0302 e. The van der Waals surface area contributed by atoms with Crippen molar-refractivity contribution in [3.8, 4) is 0 Å². The molecular formula is C9H14Cl2N2. The number of nitrogens with two attached hydrogens (primary N) is 1. The highest BCUT2D eigenvalue weighted by Gasteiger charge is 2.26. The van der Waals surface area contributed by atoms with Crippen molar-refractivity contribution in [3.63, 3.8) is 0 Å². The first-order valence-corrected chi connectivity index (χ1v) is 4.02. The van der Waals surface area contributed by atoms with Crippen LogP contribution >= 0.6 is 24.8 Å². The molecule has 0 aliphatic heterocycles. The molecule has 0 saturated heterocycles. The number of halogens is 2. The second-order valence-electron chi connectivity index (χ2n) is 3.21. The average Bonchev–Trinajstić information content (AvgIpc) is 2.01. The zero-order valence-electron chi connectivity index (χ0n) is 7.22. The lowest BCUT2D eigenvalue weighted by atomic mass is 9.77. The molecule has 2 nitrogen and oxygen atoms in total. The summed E-state index contributed by atoms with van der Waals surface area (Å²) in [5.41, 5.74) is 7.03. The van der Waals surface area contributed by atoms with E-state index in [1.54, 1.807) is 0 Å². The number of hydrogen-bond acceptors (Lipinski definition) is 2. The summed E-state index contributed by atoms with van der Waals surface area (Å²) in [6.45, 7) is 0. The summed E-state index contributed by atoms with van der Waals surface area (Å²) in [6, 6.07) is 4.54. The summed E-state index contributed by atoms with van der Waals surface area (Å²) < 4.78 is 0. The van der Waals surface area contributed by atoms with Gasteiger partial charge in [-0.1, -0.05) is 6.07 Å². The van der Waals surface area contributed by atoms with Crippen LogP contribution in [-0.2, 0) is 0 Å². The van der Waals surface area contributed by atoms with Gasteiger partial charge in [0.2, 0.25) is 0 Å². The monoisotopic (exact) mass is 220 g/mol. The second-order valence-corrected chi connectivity index (χ2v) is 3.21. The van der Waals surface area contributed by atoms with Gasteiger partial charge in [-0.3, -0.25) is 4.98 Å². The fourth-order valence-corrected chi connectivity index (χ4v) is 1.55. The van der Waals surface area contributed by atoms with Crippen LogP contribution in [0.25, 0.3) is 0 Å². The normalized spacial score (nSPS) is 25.0. The van der Waals surface area contributed by atoms with E-state index in [-0.39, 0.29) is 24.8 Å². The van der Waals surface area contributed by atoms with Gasteiger partial charge in [-0.25, -0.2) is 0 Å². The summed E-state index contributed by atoms with van der Waals surface area (Å²) in [4.78, 5) is 4.07. The number of aromatic nitrogens is 1. The molecular weight excluding hydrogens is 207 g/mol. The Hall–Kier alpha value is -0.310. The SMILES string of the molecule is Cl.Cl.NC1CC(c2cccnc2)C1. The van der Waals surface area contributed by atoms with Gasteiger partial charge in [0.1, 0.15) is 0 Å². The van der Waals surface area contributed by atoms with Crippen LogP contribution in [0.3, 0.4) is 0 Å². The highest BCUT2D eigenvalue weighted by atomic mass is 35.5. The molecule has 0 atom stereocenters. The van der Waals surface area contributed by atoms with Gasteiger partial charge in [-0.2, -0.15) is 0 Å². The van der Waals surface area contributed by atoms with E-state index >= 15 is 0 Å². The molecule has 0 unspecified atom stereocenters. The molecule has 1 aromatic heterocycles. The maximum absolute atomic E-state index is 5.69. The third kappa shape index (κ3) is 2.83. The Balaban J connectivity index is 0.000000720. The fourth-order valence-electron chi connectivity index (χ4n) is 1.55. The van der Waals surface area contributed by atoms with Crippen LogP contribution in [0.4, 0.5) is 0 Å². The van der Waals surface area contributed by atoms with Gasteiger partial charge in [0.15, 0.2) is 0 Å². The lowest BCUT2D eigenvalue weighted by Crippen LogP contribution is -2.34. The predicted octanol–water partition coefficient (Wildman–Crippen LogP) is 2.13. The average molecular weight is 221 g/mol. The first-order chi connectivity index (χ1) is 5.36. The molecule has 74 valence electrons. The summed E-state index contributed by atoms with van der Waals surface area (Å²) in [7, 11) is 0. The van der Waals surface area contributed by atoms with Crippen LogP contribution in [-0.4, -0.2) is 11.0 Å². The molecule has 1 fully saturated rings. The number of hydrogen-bond donors (Lipinski definition) is 1. The van der Waals surface area contributed by atoms with E-state index in [9.17, 15) is 0 Å². The van der Waals surface area contributed by atoms with Crippen molar-refractivity contribution in [2.24, 2.45) is 5.73 Å². The van der Waals surface area contributed by atoms with Crippen LogP contribution in [0.5, 0.6) is 0 Å². The van der Waals surface area contributed by atoms with E-state index in [0.717, 1.165) is 12.8 Å². The molecule has 1 aliphatic carbocycles. The summed E-state index contributed by atoms with van der Waals surface area (Å²) >= 11 is 0. The Morgan fingerprint density at radius 1 is 1.31 bits per heavy atom. The van der Waals surface area contributed by atoms with Crippen molar-refractivity contribution >= 4 is 24.8 Å². The van der Waals surface area contributed by atoms with Crippen LogP contribution in [0.2, 0.25) is 0 Å². The molecule has 1 heterocycles. The molecule has 0 amide bonds. The summed E-state index contributed by atoms with van der Waals surface area (Å²) in [6.07, 6.45) is 6.01. The minimum Gasteiger partial charge on any atom is -0.328 e. The van der Waals surface area contributed by atoms with Crippen LogP contribution in [0.1, 0.15) is 24.3 Å². The Kier molecular flexibility index (Phi) is 5.30. The van der Waals surface area contributed by atoms with Crippen LogP contribution < -0.4 is 5.73 Å². The zero-order valence-corrected chi connectivity index (χ0v) is 8.85. The van der Waals surface area contributed by atoms with Gasteiger partial charge in [0.05, 0.1) is 0 Å². The van der Waals surface area contributed by atoms with E-state index in [1.165, 1.54) is 5.56 Å². The highest BCUT2D eigenvalue weighted by Crippen LogP contribution is 2.34. The molecule has 0 radical (unpaired) electrons. The molecule has 4 heteroatoms. The second kappa shape index (κ2) is 5.43. The third-order valence-corrected chi connectivity index (χ3v) is 2.33. The van der Waals surface area contributed by atoms with Gasteiger partial charge >= 0.3 is 0 Å². The standard InChI is InChI=1S/C9H12N2.2ClH/c10-9-4-8(5-9)7-2-1-3-11-6-7;;/h1-3,6,8-9H,4-5,10H2;2*1H. The third-order valence-electron chi connectivity index (χ3n) is 2.33. The molecule has 1 aromatic rings. The molecule has 1 aliphatic rings. The molecule has 2 rings (SSSR count). The maximum atomic E-state index is 5.69. The van der Waals surface area contributed by atoms with Crippen molar-refractivity contribution in [2.45, 2.75) is 24.8 Å². The zero-order chi connectivity index (χ0) is 7.68. The topological polar surface area (TPSA) is 38.9 Å². The van der Waals surface area contributed by atoms with E-state index in [4.69, 9.17) is 5.73 Å². The van der Waals surface area contributed by atoms with Gasteiger partial charge in [-0.05, 0) is 30.4 Å². The first-order valence-electron chi connectivity index (χ1n) is 4.02. The molecule has 0 spiro atoms. The molecule has 2 N–H and O–H groups in total. The number of rotatable bonds is 1. The summed E-state index contributed by atoms with van der Waals surface area (Å²) in [5.74, 6) is 0.679. The van der Waals surface area contributed by atoms with Gasteiger partial charge in [-0.15, -0.1) is 24.8 Å². The Morgan fingerprint density at radius 3 is 2.46 bits per heavy atom. The fraction of sp³-hybridized carbons (Fsp3) is 0.444. The van der Waals surface area contributed by atoms with Crippen LogP contribution in [0, 0.1) is 0 Å². The summed E-state index contributed by atoms with van der Waals surface area (Å²) in [5, 5.41) is 0. The van der Waals surface area contributed by atoms with Crippen molar-refractivity contribution in [1.82, 2.24) is 4.98 Å². The Bertz CT molecular complexity index is 235. The lowest BCUT2D eigenvalue weighted by molar-refractivity contribution is 0.351. The minimum absolute atomic E-state index is 0. The highest BCUT2D eigenvalue weighted by molar-refractivity contribution is 5.85. The van der Waals surface area contributed by atoms with E-state index in [2.05, 4.69) is 11.1 Å². The Morgan fingerprint density at radius 2 is 2.00 bits per heavy atom. The van der Waals surface area contributed by atoms with E-state index < -0.39 is 0 Å². The number of nitrogens with zero attached hydrogens (tertiary/aromatic N) is 1. The Labute approximate surface area is 90.8 Å². The van der Waals surface area contributed by atoms with Crippen molar-refractivity contribution in [3.05, 3.63) is 30.1 Å².